The number of carbonyl (C=O) groups is 2. The van der Waals surface area contributed by atoms with Gasteiger partial charge in [0.1, 0.15) is 0 Å². The van der Waals surface area contributed by atoms with E-state index >= 15 is 0 Å². The minimum absolute atomic E-state index is 0.0227. The van der Waals surface area contributed by atoms with E-state index in [4.69, 9.17) is 10.5 Å². The third kappa shape index (κ3) is 6.10. The Morgan fingerprint density at radius 1 is 1.22 bits per heavy atom. The standard InChI is InChI=1S/C19H21N3O5/c1-13(7-8-14-5-3-2-4-6-14)21-18(23)12-27-19(24)16-10-9-15(22(25)26)11-17(16)20/h2-6,9-11,13H,7-8,12,20H2,1H3,(H,21,23)/t13-/m0/s1. The minimum Gasteiger partial charge on any atom is -0.452 e. The van der Waals surface area contributed by atoms with E-state index in [2.05, 4.69) is 5.32 Å². The molecule has 0 aliphatic heterocycles. The van der Waals surface area contributed by atoms with Gasteiger partial charge >= 0.3 is 5.97 Å². The highest BCUT2D eigenvalue weighted by Crippen LogP contribution is 2.20. The molecule has 0 bridgehead atoms. The third-order valence-electron chi connectivity index (χ3n) is 3.92. The minimum atomic E-state index is -0.811. The highest BCUT2D eigenvalue weighted by atomic mass is 16.6. The van der Waals surface area contributed by atoms with Gasteiger partial charge in [-0.3, -0.25) is 14.9 Å². The van der Waals surface area contributed by atoms with E-state index in [0.717, 1.165) is 25.0 Å². The number of anilines is 1. The van der Waals surface area contributed by atoms with Gasteiger partial charge in [0.15, 0.2) is 6.61 Å². The van der Waals surface area contributed by atoms with Gasteiger partial charge in [-0.1, -0.05) is 30.3 Å². The number of benzene rings is 2. The van der Waals surface area contributed by atoms with Crippen LogP contribution in [-0.4, -0.2) is 29.4 Å². The first-order valence-corrected chi connectivity index (χ1v) is 8.41. The van der Waals surface area contributed by atoms with E-state index in [9.17, 15) is 19.7 Å². The second kappa shape index (κ2) is 9.33. The van der Waals surface area contributed by atoms with Crippen LogP contribution >= 0.6 is 0 Å². The molecule has 0 spiro atoms. The molecule has 0 saturated carbocycles. The molecule has 2 aromatic carbocycles. The molecule has 0 aromatic heterocycles. The summed E-state index contributed by atoms with van der Waals surface area (Å²) in [5.41, 5.74) is 6.49. The SMILES string of the molecule is C[C@@H](CCc1ccccc1)NC(=O)COC(=O)c1ccc([N+](=O)[O-])cc1N. The molecule has 0 heterocycles. The first-order valence-electron chi connectivity index (χ1n) is 8.41. The van der Waals surface area contributed by atoms with Crippen LogP contribution in [0.15, 0.2) is 48.5 Å². The molecule has 0 radical (unpaired) electrons. The lowest BCUT2D eigenvalue weighted by Crippen LogP contribution is -2.36. The number of rotatable bonds is 8. The number of hydrogen-bond donors (Lipinski definition) is 2. The maximum Gasteiger partial charge on any atom is 0.340 e. The van der Waals surface area contributed by atoms with Crippen molar-refractivity contribution in [2.45, 2.75) is 25.8 Å². The second-order valence-electron chi connectivity index (χ2n) is 6.10. The molecular formula is C19H21N3O5. The van der Waals surface area contributed by atoms with Gasteiger partial charge in [-0.05, 0) is 31.4 Å². The molecule has 0 aliphatic carbocycles. The molecule has 2 aromatic rings. The summed E-state index contributed by atoms with van der Waals surface area (Å²) >= 11 is 0. The van der Waals surface area contributed by atoms with Gasteiger partial charge in [0.2, 0.25) is 0 Å². The number of nitrogens with two attached hydrogens (primary N) is 1. The van der Waals surface area contributed by atoms with Gasteiger partial charge in [0.25, 0.3) is 11.6 Å². The molecule has 2 rings (SSSR count). The van der Waals surface area contributed by atoms with Crippen molar-refractivity contribution in [3.63, 3.8) is 0 Å². The number of nitrogens with one attached hydrogen (secondary N) is 1. The summed E-state index contributed by atoms with van der Waals surface area (Å²) in [7, 11) is 0. The number of ether oxygens (including phenoxy) is 1. The van der Waals surface area contributed by atoms with Crippen LogP contribution < -0.4 is 11.1 Å². The van der Waals surface area contributed by atoms with Crippen LogP contribution in [0.2, 0.25) is 0 Å². The van der Waals surface area contributed by atoms with E-state index in [1.165, 1.54) is 11.6 Å². The van der Waals surface area contributed by atoms with E-state index < -0.39 is 23.4 Å². The van der Waals surface area contributed by atoms with E-state index in [-0.39, 0.29) is 23.0 Å². The number of esters is 1. The fraction of sp³-hybridized carbons (Fsp3) is 0.263. The monoisotopic (exact) mass is 371 g/mol. The lowest BCUT2D eigenvalue weighted by molar-refractivity contribution is -0.384. The van der Waals surface area contributed by atoms with Crippen molar-refractivity contribution in [1.29, 1.82) is 0 Å². The largest absolute Gasteiger partial charge is 0.452 e. The summed E-state index contributed by atoms with van der Waals surface area (Å²) in [6, 6.07) is 13.2. The number of non-ortho nitro benzene ring substituents is 1. The average Bonchev–Trinajstić information content (AvgIpc) is 2.65. The van der Waals surface area contributed by atoms with Crippen molar-refractivity contribution in [2.24, 2.45) is 0 Å². The van der Waals surface area contributed by atoms with E-state index in [0.29, 0.717) is 0 Å². The molecule has 3 N–H and O–H groups in total. The van der Waals surface area contributed by atoms with Crippen LogP contribution in [0.5, 0.6) is 0 Å². The Bertz CT molecular complexity index is 823. The van der Waals surface area contributed by atoms with Gasteiger partial charge in [-0.15, -0.1) is 0 Å². The van der Waals surface area contributed by atoms with Crippen LogP contribution in [0.4, 0.5) is 11.4 Å². The zero-order valence-electron chi connectivity index (χ0n) is 14.9. The number of nitro benzene ring substituents is 1. The zero-order chi connectivity index (χ0) is 19.8. The molecule has 1 amide bonds. The van der Waals surface area contributed by atoms with Crippen molar-refractivity contribution in [1.82, 2.24) is 5.32 Å². The third-order valence-corrected chi connectivity index (χ3v) is 3.92. The Kier molecular flexibility index (Phi) is 6.87. The maximum atomic E-state index is 12.0. The predicted molar refractivity (Wildman–Crippen MR) is 100 cm³/mol. The number of nitrogen functional groups attached to an aromatic ring is 1. The Morgan fingerprint density at radius 2 is 1.93 bits per heavy atom. The fourth-order valence-electron chi connectivity index (χ4n) is 2.47. The predicted octanol–water partition coefficient (Wildman–Crippen LogP) is 2.47. The van der Waals surface area contributed by atoms with Gasteiger partial charge in [0.05, 0.1) is 16.2 Å². The molecule has 0 unspecified atom stereocenters. The lowest BCUT2D eigenvalue weighted by Gasteiger charge is -2.14. The first-order chi connectivity index (χ1) is 12.9. The Hall–Kier alpha value is -3.42. The normalized spacial score (nSPS) is 11.4. The molecular weight excluding hydrogens is 350 g/mol. The van der Waals surface area contributed by atoms with Gasteiger partial charge in [-0.25, -0.2) is 4.79 Å². The van der Waals surface area contributed by atoms with Gasteiger partial charge in [0, 0.05) is 18.2 Å². The summed E-state index contributed by atoms with van der Waals surface area (Å²) in [4.78, 5) is 34.0. The summed E-state index contributed by atoms with van der Waals surface area (Å²) in [6.45, 7) is 1.42. The van der Waals surface area contributed by atoms with Crippen LogP contribution in [0.1, 0.15) is 29.3 Å². The zero-order valence-corrected chi connectivity index (χ0v) is 14.9. The topological polar surface area (TPSA) is 125 Å². The number of carbonyl (C=O) groups excluding carboxylic acids is 2. The van der Waals surface area contributed by atoms with Gasteiger partial charge in [-0.2, -0.15) is 0 Å². The van der Waals surface area contributed by atoms with E-state index in [1.807, 2.05) is 37.3 Å². The van der Waals surface area contributed by atoms with Crippen molar-refractivity contribution >= 4 is 23.3 Å². The number of aryl methyl sites for hydroxylation is 1. The lowest BCUT2D eigenvalue weighted by atomic mass is 10.1. The van der Waals surface area contributed by atoms with Crippen LogP contribution in [0, 0.1) is 10.1 Å². The Balaban J connectivity index is 1.79. The summed E-state index contributed by atoms with van der Waals surface area (Å²) in [5.74, 6) is -1.24. The van der Waals surface area contributed by atoms with Crippen LogP contribution in [0.25, 0.3) is 0 Å². The Morgan fingerprint density at radius 3 is 2.56 bits per heavy atom. The van der Waals surface area contributed by atoms with Crippen molar-refractivity contribution in [3.05, 3.63) is 69.8 Å². The molecule has 142 valence electrons. The van der Waals surface area contributed by atoms with Crippen LogP contribution in [-0.2, 0) is 16.0 Å². The van der Waals surface area contributed by atoms with E-state index in [1.54, 1.807) is 0 Å². The molecule has 8 heteroatoms. The summed E-state index contributed by atoms with van der Waals surface area (Å²) in [6.07, 6.45) is 1.57. The van der Waals surface area contributed by atoms with Crippen molar-refractivity contribution in [3.8, 4) is 0 Å². The van der Waals surface area contributed by atoms with Gasteiger partial charge < -0.3 is 15.8 Å². The highest BCUT2D eigenvalue weighted by molar-refractivity contribution is 5.96. The van der Waals surface area contributed by atoms with Crippen molar-refractivity contribution < 1.29 is 19.2 Å². The number of hydrogen-bond acceptors (Lipinski definition) is 6. The van der Waals surface area contributed by atoms with Crippen molar-refractivity contribution in [2.75, 3.05) is 12.3 Å². The highest BCUT2D eigenvalue weighted by Gasteiger charge is 2.17. The number of nitrogens with zero attached hydrogens (tertiary/aromatic N) is 1. The maximum absolute atomic E-state index is 12.0. The number of amides is 1. The molecule has 8 nitrogen and oxygen atoms in total. The fourth-order valence-corrected chi connectivity index (χ4v) is 2.47. The molecule has 1 atom stereocenters. The van der Waals surface area contributed by atoms with Crippen LogP contribution in [0.3, 0.4) is 0 Å². The molecule has 27 heavy (non-hydrogen) atoms. The average molecular weight is 371 g/mol. The summed E-state index contributed by atoms with van der Waals surface area (Å²) < 4.78 is 4.93. The quantitative estimate of drug-likeness (QED) is 0.318. The smallest absolute Gasteiger partial charge is 0.340 e. The molecule has 0 fully saturated rings. The molecule has 0 aliphatic rings. The molecule has 0 saturated heterocycles. The Labute approximate surface area is 156 Å². The second-order valence-corrected chi connectivity index (χ2v) is 6.10. The number of nitro groups is 1. The first kappa shape index (κ1) is 19.9. The summed E-state index contributed by atoms with van der Waals surface area (Å²) in [5, 5.41) is 13.4.